The molecular formula is C19H24ClN3O2. The van der Waals surface area contributed by atoms with Crippen molar-refractivity contribution in [3.8, 4) is 5.75 Å². The van der Waals surface area contributed by atoms with Crippen LogP contribution in [0.4, 0.5) is 5.82 Å². The molecule has 0 spiro atoms. The van der Waals surface area contributed by atoms with E-state index in [1.165, 1.54) is 0 Å². The maximum Gasteiger partial charge on any atom is 0.128 e. The van der Waals surface area contributed by atoms with Gasteiger partial charge in [-0.05, 0) is 42.8 Å². The van der Waals surface area contributed by atoms with Gasteiger partial charge in [0.1, 0.15) is 24.3 Å². The molecule has 2 heterocycles. The van der Waals surface area contributed by atoms with E-state index >= 15 is 0 Å². The van der Waals surface area contributed by atoms with Crippen molar-refractivity contribution in [2.45, 2.75) is 13.0 Å². The number of hydrogen-bond donors (Lipinski definition) is 1. The van der Waals surface area contributed by atoms with Gasteiger partial charge in [0.25, 0.3) is 0 Å². The predicted molar refractivity (Wildman–Crippen MR) is 101 cm³/mol. The molecule has 134 valence electrons. The molecule has 1 saturated heterocycles. The van der Waals surface area contributed by atoms with Gasteiger partial charge < -0.3 is 14.7 Å². The van der Waals surface area contributed by atoms with Crippen molar-refractivity contribution < 1.29 is 9.84 Å². The molecule has 5 nitrogen and oxygen atoms in total. The Labute approximate surface area is 153 Å². The third-order valence-electron chi connectivity index (χ3n) is 4.38. The van der Waals surface area contributed by atoms with Crippen LogP contribution in [-0.4, -0.2) is 60.4 Å². The van der Waals surface area contributed by atoms with Gasteiger partial charge in [-0.2, -0.15) is 0 Å². The molecule has 1 aliphatic heterocycles. The smallest absolute Gasteiger partial charge is 0.128 e. The van der Waals surface area contributed by atoms with Crippen LogP contribution in [-0.2, 0) is 0 Å². The van der Waals surface area contributed by atoms with Crippen molar-refractivity contribution in [1.82, 2.24) is 9.88 Å². The van der Waals surface area contributed by atoms with E-state index in [1.807, 2.05) is 43.5 Å². The lowest BCUT2D eigenvalue weighted by Gasteiger charge is -2.36. The molecule has 1 atom stereocenters. The average Bonchev–Trinajstić information content (AvgIpc) is 2.62. The summed E-state index contributed by atoms with van der Waals surface area (Å²) in [5.74, 6) is 1.78. The zero-order valence-electron chi connectivity index (χ0n) is 14.4. The van der Waals surface area contributed by atoms with Crippen molar-refractivity contribution in [2.24, 2.45) is 0 Å². The number of β-amino-alcohol motifs (C(OH)–C–C–N with tert-alkyl or cyclic N) is 1. The van der Waals surface area contributed by atoms with E-state index in [4.69, 9.17) is 16.3 Å². The Kier molecular flexibility index (Phi) is 6.13. The number of ether oxygens (including phenoxy) is 1. The molecule has 0 radical (unpaired) electrons. The van der Waals surface area contributed by atoms with Crippen LogP contribution in [0.1, 0.15) is 5.56 Å². The molecule has 0 saturated carbocycles. The Balaban J connectivity index is 1.42. The quantitative estimate of drug-likeness (QED) is 0.857. The Morgan fingerprint density at radius 2 is 2.00 bits per heavy atom. The van der Waals surface area contributed by atoms with E-state index in [1.54, 1.807) is 6.07 Å². The number of anilines is 1. The molecule has 3 rings (SSSR count). The number of aryl methyl sites for hydroxylation is 1. The van der Waals surface area contributed by atoms with E-state index in [0.717, 1.165) is 43.3 Å². The number of aromatic nitrogens is 1. The summed E-state index contributed by atoms with van der Waals surface area (Å²) in [6.45, 7) is 6.50. The van der Waals surface area contributed by atoms with E-state index in [9.17, 15) is 5.11 Å². The Morgan fingerprint density at radius 3 is 2.68 bits per heavy atom. The summed E-state index contributed by atoms with van der Waals surface area (Å²) < 4.78 is 5.73. The Bertz CT molecular complexity index is 676. The van der Waals surface area contributed by atoms with Crippen LogP contribution < -0.4 is 9.64 Å². The van der Waals surface area contributed by atoms with Crippen molar-refractivity contribution >= 4 is 17.4 Å². The van der Waals surface area contributed by atoms with E-state index < -0.39 is 6.10 Å². The second-order valence-corrected chi connectivity index (χ2v) is 6.79. The molecule has 1 fully saturated rings. The van der Waals surface area contributed by atoms with Crippen LogP contribution in [0.15, 0.2) is 42.6 Å². The van der Waals surface area contributed by atoms with Crippen LogP contribution in [0.25, 0.3) is 0 Å². The van der Waals surface area contributed by atoms with Crippen molar-refractivity contribution in [2.75, 3.05) is 44.2 Å². The van der Waals surface area contributed by atoms with Gasteiger partial charge in [0.05, 0.1) is 0 Å². The molecule has 25 heavy (non-hydrogen) atoms. The maximum atomic E-state index is 10.3. The molecule has 1 N–H and O–H groups in total. The second kappa shape index (κ2) is 8.52. The van der Waals surface area contributed by atoms with Gasteiger partial charge in [0.2, 0.25) is 0 Å². The van der Waals surface area contributed by atoms with E-state index in [2.05, 4.69) is 14.8 Å². The fraction of sp³-hybridized carbons (Fsp3) is 0.421. The second-order valence-electron chi connectivity index (χ2n) is 6.35. The summed E-state index contributed by atoms with van der Waals surface area (Å²) >= 11 is 5.94. The zero-order valence-corrected chi connectivity index (χ0v) is 15.2. The summed E-state index contributed by atoms with van der Waals surface area (Å²) in [5, 5.41) is 11.0. The summed E-state index contributed by atoms with van der Waals surface area (Å²) in [6, 6.07) is 11.5. The van der Waals surface area contributed by atoms with Crippen molar-refractivity contribution in [1.29, 1.82) is 0 Å². The van der Waals surface area contributed by atoms with Gasteiger partial charge in [-0.25, -0.2) is 4.98 Å². The summed E-state index contributed by atoms with van der Waals surface area (Å²) in [5.41, 5.74) is 0.976. The van der Waals surface area contributed by atoms with Crippen LogP contribution in [0.2, 0.25) is 5.02 Å². The van der Waals surface area contributed by atoms with E-state index in [-0.39, 0.29) is 6.61 Å². The highest BCUT2D eigenvalue weighted by Crippen LogP contribution is 2.22. The van der Waals surface area contributed by atoms with Gasteiger partial charge in [-0.3, -0.25) is 4.90 Å². The van der Waals surface area contributed by atoms with Crippen LogP contribution in [0.5, 0.6) is 5.75 Å². The predicted octanol–water partition coefficient (Wildman–Crippen LogP) is 2.61. The van der Waals surface area contributed by atoms with E-state index in [0.29, 0.717) is 11.6 Å². The molecule has 6 heteroatoms. The fourth-order valence-corrected chi connectivity index (χ4v) is 3.24. The number of piperazine rings is 1. The molecule has 1 aromatic heterocycles. The number of benzene rings is 1. The average molecular weight is 362 g/mol. The SMILES string of the molecule is Cc1cc(Cl)ccc1OC[C@@H](O)CN1CCN(c2ccccn2)CC1. The van der Waals surface area contributed by atoms with Gasteiger partial charge >= 0.3 is 0 Å². The number of halogens is 1. The van der Waals surface area contributed by atoms with Crippen LogP contribution in [0.3, 0.4) is 0 Å². The molecule has 0 amide bonds. The first-order valence-corrected chi connectivity index (χ1v) is 8.95. The minimum atomic E-state index is -0.517. The monoisotopic (exact) mass is 361 g/mol. The first-order valence-electron chi connectivity index (χ1n) is 8.57. The molecular weight excluding hydrogens is 338 g/mol. The number of rotatable bonds is 6. The fourth-order valence-electron chi connectivity index (χ4n) is 3.01. The number of nitrogens with zero attached hydrogens (tertiary/aromatic N) is 3. The highest BCUT2D eigenvalue weighted by molar-refractivity contribution is 6.30. The van der Waals surface area contributed by atoms with Crippen molar-refractivity contribution in [3.05, 3.63) is 53.2 Å². The molecule has 0 unspecified atom stereocenters. The summed E-state index contributed by atoms with van der Waals surface area (Å²) in [6.07, 6.45) is 1.30. The lowest BCUT2D eigenvalue weighted by Crippen LogP contribution is -2.49. The summed E-state index contributed by atoms with van der Waals surface area (Å²) in [4.78, 5) is 8.93. The summed E-state index contributed by atoms with van der Waals surface area (Å²) in [7, 11) is 0. The van der Waals surface area contributed by atoms with Crippen molar-refractivity contribution in [3.63, 3.8) is 0 Å². The Hall–Kier alpha value is -1.82. The van der Waals surface area contributed by atoms with Crippen LogP contribution >= 0.6 is 11.6 Å². The lowest BCUT2D eigenvalue weighted by atomic mass is 10.2. The minimum Gasteiger partial charge on any atom is -0.491 e. The van der Waals surface area contributed by atoms with Gasteiger partial charge in [-0.15, -0.1) is 0 Å². The molecule has 2 aromatic rings. The van der Waals surface area contributed by atoms with Gasteiger partial charge in [0, 0.05) is 43.9 Å². The lowest BCUT2D eigenvalue weighted by molar-refractivity contribution is 0.0660. The first kappa shape index (κ1) is 18.0. The normalized spacial score (nSPS) is 16.7. The highest BCUT2D eigenvalue weighted by Gasteiger charge is 2.20. The van der Waals surface area contributed by atoms with Gasteiger partial charge in [-0.1, -0.05) is 17.7 Å². The third-order valence-corrected chi connectivity index (χ3v) is 4.62. The number of hydrogen-bond acceptors (Lipinski definition) is 5. The number of aliphatic hydroxyl groups is 1. The topological polar surface area (TPSA) is 48.8 Å². The molecule has 1 aromatic carbocycles. The standard InChI is InChI=1S/C19H24ClN3O2/c1-15-12-16(20)5-6-18(15)25-14-17(24)13-22-8-10-23(11-9-22)19-4-2-3-7-21-19/h2-7,12,17,24H,8-11,13-14H2,1H3/t17-/m0/s1. The Morgan fingerprint density at radius 1 is 1.20 bits per heavy atom. The highest BCUT2D eigenvalue weighted by atomic mass is 35.5. The molecule has 0 bridgehead atoms. The van der Waals surface area contributed by atoms with Gasteiger partial charge in [0.15, 0.2) is 0 Å². The minimum absolute atomic E-state index is 0.281. The van der Waals surface area contributed by atoms with Crippen LogP contribution in [0, 0.1) is 6.92 Å². The number of aliphatic hydroxyl groups excluding tert-OH is 1. The largest absolute Gasteiger partial charge is 0.491 e. The maximum absolute atomic E-state index is 10.3. The molecule has 1 aliphatic rings. The third kappa shape index (κ3) is 5.08. The zero-order chi connectivity index (χ0) is 17.6. The first-order chi connectivity index (χ1) is 12.1. The number of pyridine rings is 1. The molecule has 0 aliphatic carbocycles.